The van der Waals surface area contributed by atoms with Crippen molar-refractivity contribution in [1.29, 1.82) is 0 Å². The Hall–Kier alpha value is -2.18. The number of nitrogens with zero attached hydrogens (tertiary/aromatic N) is 2. The number of rotatable bonds is 4. The molecule has 2 fully saturated rings. The maximum Gasteiger partial charge on any atom is 0.410 e. The number of ether oxygens (including phenoxy) is 1. The van der Waals surface area contributed by atoms with Gasteiger partial charge >= 0.3 is 6.09 Å². The highest BCUT2D eigenvalue weighted by molar-refractivity contribution is 5.94. The van der Waals surface area contributed by atoms with Crippen LogP contribution in [0.2, 0.25) is 0 Å². The standard InChI is InChI=1S/C19H24F2N2O3/c1-3-5-13(2)23-12-19(26-18(23)25)8-10-22(11-9-19)17(24)16-14(20)6-4-7-15(16)21/h4,6-7,13H,3,5,8-12H2,1-2H3/t13-/m1/s1. The summed E-state index contributed by atoms with van der Waals surface area (Å²) in [5.74, 6) is -2.37. The van der Waals surface area contributed by atoms with E-state index in [1.807, 2.05) is 6.92 Å². The lowest BCUT2D eigenvalue weighted by Gasteiger charge is -2.37. The molecule has 2 saturated heterocycles. The first-order valence-electron chi connectivity index (χ1n) is 9.10. The Morgan fingerprint density at radius 2 is 1.88 bits per heavy atom. The minimum absolute atomic E-state index is 0.110. The Morgan fingerprint density at radius 1 is 1.27 bits per heavy atom. The molecule has 0 saturated carbocycles. The molecule has 2 aliphatic heterocycles. The van der Waals surface area contributed by atoms with Crippen molar-refractivity contribution in [2.24, 2.45) is 0 Å². The van der Waals surface area contributed by atoms with Gasteiger partial charge in [-0.1, -0.05) is 19.4 Å². The van der Waals surface area contributed by atoms with E-state index in [4.69, 9.17) is 4.74 Å². The van der Waals surface area contributed by atoms with Crippen molar-refractivity contribution in [3.8, 4) is 0 Å². The van der Waals surface area contributed by atoms with Crippen LogP contribution in [0.5, 0.6) is 0 Å². The Bertz CT molecular complexity index is 682. The number of halogens is 2. The maximum absolute atomic E-state index is 13.9. The van der Waals surface area contributed by atoms with Crippen LogP contribution >= 0.6 is 0 Å². The van der Waals surface area contributed by atoms with E-state index in [1.54, 1.807) is 4.90 Å². The molecule has 0 unspecified atom stereocenters. The Labute approximate surface area is 151 Å². The molecular formula is C19H24F2N2O3. The van der Waals surface area contributed by atoms with Crippen molar-refractivity contribution in [3.63, 3.8) is 0 Å². The molecule has 2 heterocycles. The molecule has 2 aliphatic rings. The first kappa shape index (κ1) is 18.6. The Kier molecular flexibility index (Phi) is 5.16. The molecule has 5 nitrogen and oxygen atoms in total. The lowest BCUT2D eigenvalue weighted by molar-refractivity contribution is 0.00283. The van der Waals surface area contributed by atoms with E-state index in [-0.39, 0.29) is 12.1 Å². The van der Waals surface area contributed by atoms with Crippen molar-refractivity contribution in [3.05, 3.63) is 35.4 Å². The van der Waals surface area contributed by atoms with Gasteiger partial charge in [0.25, 0.3) is 5.91 Å². The molecule has 1 atom stereocenters. The van der Waals surface area contributed by atoms with E-state index >= 15 is 0 Å². The zero-order valence-electron chi connectivity index (χ0n) is 15.1. The van der Waals surface area contributed by atoms with Gasteiger partial charge < -0.3 is 14.5 Å². The van der Waals surface area contributed by atoms with Crippen LogP contribution in [0.15, 0.2) is 18.2 Å². The second-order valence-electron chi connectivity index (χ2n) is 7.21. The molecule has 1 spiro atoms. The summed E-state index contributed by atoms with van der Waals surface area (Å²) in [6.07, 6.45) is 2.51. The molecule has 1 aromatic carbocycles. The van der Waals surface area contributed by atoms with E-state index in [1.165, 1.54) is 11.0 Å². The smallest absolute Gasteiger partial charge is 0.410 e. The highest BCUT2D eigenvalue weighted by atomic mass is 19.1. The number of benzene rings is 1. The maximum atomic E-state index is 13.9. The summed E-state index contributed by atoms with van der Waals surface area (Å²) in [5.41, 5.74) is -1.13. The summed E-state index contributed by atoms with van der Waals surface area (Å²) in [6.45, 7) is 5.18. The summed E-state index contributed by atoms with van der Waals surface area (Å²) in [7, 11) is 0. The molecule has 0 N–H and O–H groups in total. The first-order valence-corrected chi connectivity index (χ1v) is 9.10. The van der Waals surface area contributed by atoms with Gasteiger partial charge in [-0.3, -0.25) is 4.79 Å². The molecule has 3 rings (SSSR count). The molecular weight excluding hydrogens is 342 g/mol. The number of hydrogen-bond donors (Lipinski definition) is 0. The van der Waals surface area contributed by atoms with Crippen LogP contribution in [-0.4, -0.2) is 53.1 Å². The number of likely N-dealkylation sites (tertiary alicyclic amines) is 1. The summed E-state index contributed by atoms with van der Waals surface area (Å²) in [5, 5.41) is 0. The van der Waals surface area contributed by atoms with Crippen molar-refractivity contribution < 1.29 is 23.1 Å². The van der Waals surface area contributed by atoms with Gasteiger partial charge in [-0.25, -0.2) is 13.6 Å². The molecule has 26 heavy (non-hydrogen) atoms. The molecule has 1 aromatic rings. The summed E-state index contributed by atoms with van der Waals surface area (Å²) < 4.78 is 33.4. The van der Waals surface area contributed by atoms with Gasteiger partial charge in [-0.2, -0.15) is 0 Å². The Balaban J connectivity index is 1.66. The molecule has 0 aliphatic carbocycles. The minimum atomic E-state index is -0.859. The van der Waals surface area contributed by atoms with E-state index in [9.17, 15) is 18.4 Å². The second kappa shape index (κ2) is 7.21. The van der Waals surface area contributed by atoms with Gasteiger partial charge in [-0.15, -0.1) is 0 Å². The Morgan fingerprint density at radius 3 is 2.46 bits per heavy atom. The predicted octanol–water partition coefficient (Wildman–Crippen LogP) is 3.58. The highest BCUT2D eigenvalue weighted by Gasteiger charge is 2.48. The SMILES string of the molecule is CCC[C@@H](C)N1CC2(CCN(C(=O)c3c(F)cccc3F)CC2)OC1=O. The van der Waals surface area contributed by atoms with Crippen LogP contribution in [0.1, 0.15) is 49.9 Å². The monoisotopic (exact) mass is 366 g/mol. The van der Waals surface area contributed by atoms with Crippen molar-refractivity contribution >= 4 is 12.0 Å². The van der Waals surface area contributed by atoms with Gasteiger partial charge in [0.2, 0.25) is 0 Å². The largest absolute Gasteiger partial charge is 0.441 e. The lowest BCUT2D eigenvalue weighted by Crippen LogP contribution is -2.49. The fourth-order valence-corrected chi connectivity index (χ4v) is 3.80. The molecule has 0 aromatic heterocycles. The van der Waals surface area contributed by atoms with Gasteiger partial charge in [0.05, 0.1) is 6.54 Å². The van der Waals surface area contributed by atoms with E-state index in [0.717, 1.165) is 25.0 Å². The number of carbonyl (C=O) groups excluding carboxylic acids is 2. The van der Waals surface area contributed by atoms with Gasteiger partial charge in [-0.05, 0) is 25.5 Å². The van der Waals surface area contributed by atoms with E-state index in [0.29, 0.717) is 32.5 Å². The predicted molar refractivity (Wildman–Crippen MR) is 91.8 cm³/mol. The number of amides is 2. The van der Waals surface area contributed by atoms with Crippen LogP contribution in [-0.2, 0) is 4.74 Å². The second-order valence-corrected chi connectivity index (χ2v) is 7.21. The van der Waals surface area contributed by atoms with E-state index in [2.05, 4.69) is 6.92 Å². The van der Waals surface area contributed by atoms with E-state index < -0.39 is 28.7 Å². The van der Waals surface area contributed by atoms with Gasteiger partial charge in [0.1, 0.15) is 22.8 Å². The molecule has 142 valence electrons. The minimum Gasteiger partial charge on any atom is -0.441 e. The third-order valence-corrected chi connectivity index (χ3v) is 5.37. The fraction of sp³-hybridized carbons (Fsp3) is 0.579. The fourth-order valence-electron chi connectivity index (χ4n) is 3.80. The average molecular weight is 366 g/mol. The summed E-state index contributed by atoms with van der Waals surface area (Å²) in [4.78, 5) is 27.9. The van der Waals surface area contributed by atoms with Gasteiger partial charge in [0.15, 0.2) is 0 Å². The quantitative estimate of drug-likeness (QED) is 0.818. The molecule has 0 radical (unpaired) electrons. The number of hydrogen-bond acceptors (Lipinski definition) is 3. The van der Waals surface area contributed by atoms with Crippen LogP contribution in [0.4, 0.5) is 13.6 Å². The third-order valence-electron chi connectivity index (χ3n) is 5.37. The van der Waals surface area contributed by atoms with Gasteiger partial charge in [0, 0.05) is 32.0 Å². The topological polar surface area (TPSA) is 49.9 Å². The first-order chi connectivity index (χ1) is 12.4. The summed E-state index contributed by atoms with van der Waals surface area (Å²) >= 11 is 0. The molecule has 0 bridgehead atoms. The van der Waals surface area contributed by atoms with Crippen LogP contribution in [0, 0.1) is 11.6 Å². The number of piperidine rings is 1. The van der Waals surface area contributed by atoms with Crippen LogP contribution in [0.3, 0.4) is 0 Å². The van der Waals surface area contributed by atoms with Crippen molar-refractivity contribution in [2.45, 2.75) is 51.2 Å². The van der Waals surface area contributed by atoms with Crippen LogP contribution in [0.25, 0.3) is 0 Å². The molecule has 2 amide bonds. The average Bonchev–Trinajstić information content (AvgIpc) is 2.91. The zero-order valence-corrected chi connectivity index (χ0v) is 15.1. The molecule has 7 heteroatoms. The lowest BCUT2D eigenvalue weighted by atomic mass is 9.90. The highest BCUT2D eigenvalue weighted by Crippen LogP contribution is 2.35. The van der Waals surface area contributed by atoms with Crippen molar-refractivity contribution in [2.75, 3.05) is 19.6 Å². The number of carbonyl (C=O) groups is 2. The summed E-state index contributed by atoms with van der Waals surface area (Å²) in [6, 6.07) is 3.50. The third kappa shape index (κ3) is 3.39. The van der Waals surface area contributed by atoms with Crippen molar-refractivity contribution in [1.82, 2.24) is 9.80 Å². The van der Waals surface area contributed by atoms with Crippen LogP contribution < -0.4 is 0 Å². The normalized spacial score (nSPS) is 20.4. The zero-order chi connectivity index (χ0) is 18.9.